The highest BCUT2D eigenvalue weighted by atomic mass is 79.9. The maximum atomic E-state index is 5.38. The molecule has 0 amide bonds. The average molecular weight is 306 g/mol. The third-order valence-corrected chi connectivity index (χ3v) is 3.31. The number of methoxy groups -OCH3 is 1. The molecule has 2 rings (SSSR count). The molecule has 2 aromatic carbocycles. The summed E-state index contributed by atoms with van der Waals surface area (Å²) in [6, 6.07) is 16.4. The van der Waals surface area contributed by atoms with Crippen LogP contribution in [0.25, 0.3) is 0 Å². The van der Waals surface area contributed by atoms with Gasteiger partial charge in [-0.25, -0.2) is 0 Å². The molecule has 1 N–H and O–H groups in total. The average Bonchev–Trinajstić information content (AvgIpc) is 2.38. The highest BCUT2D eigenvalue weighted by molar-refractivity contribution is 9.10. The van der Waals surface area contributed by atoms with Crippen molar-refractivity contribution in [2.75, 3.05) is 12.4 Å². The standard InChI is InChI=1S/C15H16BrNO/c1-11(14-8-3-4-9-15(14)18-2)17-13-7-5-6-12(16)10-13/h3-11,17H,1-2H3. The normalized spacial score (nSPS) is 11.9. The summed E-state index contributed by atoms with van der Waals surface area (Å²) in [4.78, 5) is 0. The molecule has 1 atom stereocenters. The van der Waals surface area contributed by atoms with Gasteiger partial charge in [-0.1, -0.05) is 40.2 Å². The van der Waals surface area contributed by atoms with E-state index in [4.69, 9.17) is 4.74 Å². The van der Waals surface area contributed by atoms with Crippen LogP contribution < -0.4 is 10.1 Å². The molecule has 0 radical (unpaired) electrons. The molecule has 0 aliphatic carbocycles. The summed E-state index contributed by atoms with van der Waals surface area (Å²) >= 11 is 3.47. The molecule has 2 aromatic rings. The van der Waals surface area contributed by atoms with Crippen molar-refractivity contribution in [1.29, 1.82) is 0 Å². The molecule has 0 aromatic heterocycles. The molecule has 0 aliphatic rings. The van der Waals surface area contributed by atoms with Gasteiger partial charge in [-0.3, -0.25) is 0 Å². The van der Waals surface area contributed by atoms with E-state index >= 15 is 0 Å². The van der Waals surface area contributed by atoms with Crippen LogP contribution in [0.5, 0.6) is 5.75 Å². The lowest BCUT2D eigenvalue weighted by molar-refractivity contribution is 0.408. The van der Waals surface area contributed by atoms with Crippen LogP contribution in [0.4, 0.5) is 5.69 Å². The molecule has 0 spiro atoms. The second-order valence-electron chi connectivity index (χ2n) is 4.12. The third kappa shape index (κ3) is 3.05. The number of hydrogen-bond acceptors (Lipinski definition) is 2. The van der Waals surface area contributed by atoms with Gasteiger partial charge in [-0.15, -0.1) is 0 Å². The first kappa shape index (κ1) is 13.0. The van der Waals surface area contributed by atoms with Gasteiger partial charge < -0.3 is 10.1 Å². The van der Waals surface area contributed by atoms with Gasteiger partial charge in [0.2, 0.25) is 0 Å². The molecule has 3 heteroatoms. The monoisotopic (exact) mass is 305 g/mol. The minimum Gasteiger partial charge on any atom is -0.496 e. The van der Waals surface area contributed by atoms with Gasteiger partial charge in [0.25, 0.3) is 0 Å². The SMILES string of the molecule is COc1ccccc1C(C)Nc1cccc(Br)c1. The Morgan fingerprint density at radius 2 is 1.89 bits per heavy atom. The Morgan fingerprint density at radius 3 is 2.61 bits per heavy atom. The molecule has 0 fully saturated rings. The van der Waals surface area contributed by atoms with Crippen LogP contribution in [0.3, 0.4) is 0 Å². The molecule has 0 heterocycles. The van der Waals surface area contributed by atoms with Gasteiger partial charge in [0.05, 0.1) is 13.2 Å². The Balaban J connectivity index is 2.19. The van der Waals surface area contributed by atoms with Crippen LogP contribution in [0.1, 0.15) is 18.5 Å². The fourth-order valence-electron chi connectivity index (χ4n) is 1.93. The van der Waals surface area contributed by atoms with Crippen molar-refractivity contribution in [1.82, 2.24) is 0 Å². The van der Waals surface area contributed by atoms with Gasteiger partial charge in [-0.05, 0) is 31.2 Å². The number of anilines is 1. The summed E-state index contributed by atoms with van der Waals surface area (Å²) in [5.74, 6) is 0.910. The predicted octanol–water partition coefficient (Wildman–Crippen LogP) is 4.63. The van der Waals surface area contributed by atoms with Crippen LogP contribution in [-0.4, -0.2) is 7.11 Å². The van der Waals surface area contributed by atoms with E-state index in [9.17, 15) is 0 Å². The highest BCUT2D eigenvalue weighted by Gasteiger charge is 2.10. The molecule has 94 valence electrons. The second kappa shape index (κ2) is 5.91. The first-order valence-corrected chi connectivity index (χ1v) is 6.65. The van der Waals surface area contributed by atoms with Gasteiger partial charge in [0.15, 0.2) is 0 Å². The zero-order chi connectivity index (χ0) is 13.0. The van der Waals surface area contributed by atoms with Gasteiger partial charge in [0, 0.05) is 15.7 Å². The summed E-state index contributed by atoms with van der Waals surface area (Å²) in [6.45, 7) is 2.12. The zero-order valence-corrected chi connectivity index (χ0v) is 12.1. The fraction of sp³-hybridized carbons (Fsp3) is 0.200. The predicted molar refractivity (Wildman–Crippen MR) is 79.2 cm³/mol. The quantitative estimate of drug-likeness (QED) is 0.889. The van der Waals surface area contributed by atoms with Crippen molar-refractivity contribution in [3.05, 3.63) is 58.6 Å². The van der Waals surface area contributed by atoms with Crippen LogP contribution in [0, 0.1) is 0 Å². The molecule has 0 saturated heterocycles. The summed E-state index contributed by atoms with van der Waals surface area (Å²) in [7, 11) is 1.70. The lowest BCUT2D eigenvalue weighted by Gasteiger charge is -2.18. The third-order valence-electron chi connectivity index (χ3n) is 2.81. The van der Waals surface area contributed by atoms with Gasteiger partial charge in [0.1, 0.15) is 5.75 Å². The Bertz CT molecular complexity index is 527. The first-order valence-electron chi connectivity index (χ1n) is 5.85. The van der Waals surface area contributed by atoms with E-state index in [1.165, 1.54) is 0 Å². The van der Waals surface area contributed by atoms with Crippen molar-refractivity contribution in [2.45, 2.75) is 13.0 Å². The topological polar surface area (TPSA) is 21.3 Å². The summed E-state index contributed by atoms with van der Waals surface area (Å²) in [5, 5.41) is 3.46. The van der Waals surface area contributed by atoms with E-state index in [1.807, 2.05) is 30.3 Å². The summed E-state index contributed by atoms with van der Waals surface area (Å²) < 4.78 is 6.45. The van der Waals surface area contributed by atoms with Crippen molar-refractivity contribution < 1.29 is 4.74 Å². The maximum absolute atomic E-state index is 5.38. The number of benzene rings is 2. The first-order chi connectivity index (χ1) is 8.70. The molecule has 0 saturated carbocycles. The van der Waals surface area contributed by atoms with Crippen LogP contribution in [0.2, 0.25) is 0 Å². The van der Waals surface area contributed by atoms with Gasteiger partial charge in [-0.2, -0.15) is 0 Å². The molecule has 1 unspecified atom stereocenters. The minimum atomic E-state index is 0.190. The van der Waals surface area contributed by atoms with Crippen molar-refractivity contribution in [2.24, 2.45) is 0 Å². The van der Waals surface area contributed by atoms with E-state index < -0.39 is 0 Å². The number of halogens is 1. The molecule has 0 bridgehead atoms. The molecule has 2 nitrogen and oxygen atoms in total. The Hall–Kier alpha value is -1.48. The van der Waals surface area contributed by atoms with Crippen LogP contribution in [0.15, 0.2) is 53.0 Å². The highest BCUT2D eigenvalue weighted by Crippen LogP contribution is 2.28. The van der Waals surface area contributed by atoms with Crippen LogP contribution >= 0.6 is 15.9 Å². The largest absolute Gasteiger partial charge is 0.496 e. The van der Waals surface area contributed by atoms with Crippen molar-refractivity contribution >= 4 is 21.6 Å². The molecule has 18 heavy (non-hydrogen) atoms. The summed E-state index contributed by atoms with van der Waals surface area (Å²) in [6.07, 6.45) is 0. The molecule has 0 aliphatic heterocycles. The second-order valence-corrected chi connectivity index (χ2v) is 5.03. The number of hydrogen-bond donors (Lipinski definition) is 1. The minimum absolute atomic E-state index is 0.190. The number of rotatable bonds is 4. The molecular weight excluding hydrogens is 290 g/mol. The van der Waals surface area contributed by atoms with Crippen molar-refractivity contribution in [3.8, 4) is 5.75 Å². The van der Waals surface area contributed by atoms with Gasteiger partial charge >= 0.3 is 0 Å². The number of ether oxygens (including phenoxy) is 1. The fourth-order valence-corrected chi connectivity index (χ4v) is 2.33. The zero-order valence-electron chi connectivity index (χ0n) is 10.5. The maximum Gasteiger partial charge on any atom is 0.124 e. The van der Waals surface area contributed by atoms with Crippen LogP contribution in [-0.2, 0) is 0 Å². The molecular formula is C15H16BrNO. The summed E-state index contributed by atoms with van der Waals surface area (Å²) in [5.41, 5.74) is 2.24. The van der Waals surface area contributed by atoms with Crippen molar-refractivity contribution in [3.63, 3.8) is 0 Å². The van der Waals surface area contributed by atoms with E-state index in [0.29, 0.717) is 0 Å². The Kier molecular flexibility index (Phi) is 4.26. The van der Waals surface area contributed by atoms with E-state index in [1.54, 1.807) is 7.11 Å². The van der Waals surface area contributed by atoms with E-state index in [-0.39, 0.29) is 6.04 Å². The Labute approximate surface area is 116 Å². The lowest BCUT2D eigenvalue weighted by Crippen LogP contribution is -2.07. The smallest absolute Gasteiger partial charge is 0.124 e. The Morgan fingerprint density at radius 1 is 1.11 bits per heavy atom. The lowest BCUT2D eigenvalue weighted by atomic mass is 10.1. The van der Waals surface area contributed by atoms with E-state index in [2.05, 4.69) is 46.4 Å². The number of para-hydroxylation sites is 1. The van der Waals surface area contributed by atoms with E-state index in [0.717, 1.165) is 21.5 Å². The number of nitrogens with one attached hydrogen (secondary N) is 1.